The maximum absolute atomic E-state index is 14.8. The molecule has 9 heteroatoms. The van der Waals surface area contributed by atoms with Gasteiger partial charge in [0.05, 0.1) is 0 Å². The molecule has 2 unspecified atom stereocenters. The van der Waals surface area contributed by atoms with Gasteiger partial charge in [0.2, 0.25) is 0 Å². The molecule has 1 N–H and O–H groups in total. The molecular weight excluding hydrogens is 539 g/mol. The number of carbonyl (C=O) groups is 1. The van der Waals surface area contributed by atoms with Gasteiger partial charge in [-0.05, 0) is 99.9 Å². The topological polar surface area (TPSA) is 43.8 Å². The molecule has 0 amide bonds. The first-order valence-corrected chi connectivity index (χ1v) is 14.6. The predicted molar refractivity (Wildman–Crippen MR) is 148 cm³/mol. The van der Waals surface area contributed by atoms with Gasteiger partial charge < -0.3 is 14.9 Å². The monoisotopic (exact) mass is 580 g/mol. The second-order valence-electron chi connectivity index (χ2n) is 13.3. The SMILES string of the molecule is CN(C)CCN(C)Cc1ccc(C2CC(=O)C=C3CC[C@@H]4C(=C32)CC[C@@]2(C)[C@H]4CCC2(O)C(F)(F)C(F)(F)F)cc1. The van der Waals surface area contributed by atoms with Crippen LogP contribution in [0.4, 0.5) is 22.0 Å². The van der Waals surface area contributed by atoms with Crippen molar-refractivity contribution in [2.45, 2.75) is 82.0 Å². The number of hydrogen-bond donors (Lipinski definition) is 1. The van der Waals surface area contributed by atoms with E-state index in [-0.39, 0.29) is 30.5 Å². The molecule has 0 aliphatic heterocycles. The number of carbonyl (C=O) groups excluding carboxylic acids is 1. The zero-order valence-electron chi connectivity index (χ0n) is 24.3. The number of rotatable bonds is 7. The highest BCUT2D eigenvalue weighted by atomic mass is 19.4. The Morgan fingerprint density at radius 2 is 1.66 bits per heavy atom. The summed E-state index contributed by atoms with van der Waals surface area (Å²) in [5, 5.41) is 11.1. The van der Waals surface area contributed by atoms with Crippen LogP contribution < -0.4 is 0 Å². The minimum absolute atomic E-state index is 0.0565. The zero-order valence-corrected chi connectivity index (χ0v) is 24.3. The third-order valence-electron chi connectivity index (χ3n) is 10.6. The number of ketones is 1. The van der Waals surface area contributed by atoms with E-state index in [9.17, 15) is 31.9 Å². The number of fused-ring (bicyclic) bond motifs is 4. The number of halogens is 5. The van der Waals surface area contributed by atoms with Gasteiger partial charge in [0.1, 0.15) is 5.60 Å². The summed E-state index contributed by atoms with van der Waals surface area (Å²) in [5.41, 5.74) is 0.645. The fraction of sp³-hybridized carbons (Fsp3) is 0.656. The lowest BCUT2D eigenvalue weighted by molar-refractivity contribution is -0.362. The normalized spacial score (nSPS) is 32.2. The standard InChI is InChI=1S/C32H41F5N2O2/c1-29-13-11-25-24(27(29)12-14-30(29,41)31(33,34)32(35,36)37)10-9-22-17-23(40)18-26(28(22)25)21-7-5-20(6-8-21)19-39(4)16-15-38(2)3/h5-8,17,24,26-27,41H,9-16,18-19H2,1-4H3/t24-,26?,27+,29+,30?/m1/s1. The first kappa shape index (κ1) is 30.4. The first-order valence-electron chi connectivity index (χ1n) is 14.6. The number of benzene rings is 1. The van der Waals surface area contributed by atoms with Crippen molar-refractivity contribution in [3.05, 3.63) is 58.2 Å². The Hall–Kier alpha value is -2.10. The molecule has 0 heterocycles. The molecule has 4 aliphatic carbocycles. The second-order valence-corrected chi connectivity index (χ2v) is 13.3. The fourth-order valence-corrected chi connectivity index (χ4v) is 8.30. The van der Waals surface area contributed by atoms with Gasteiger partial charge in [0.15, 0.2) is 5.78 Å². The van der Waals surface area contributed by atoms with Crippen LogP contribution in [0.3, 0.4) is 0 Å². The lowest BCUT2D eigenvalue weighted by Gasteiger charge is -2.53. The van der Waals surface area contributed by atoms with E-state index in [1.54, 1.807) is 6.08 Å². The minimum atomic E-state index is -5.82. The molecular formula is C32H41F5N2O2. The highest BCUT2D eigenvalue weighted by Crippen LogP contribution is 2.68. The molecule has 0 saturated heterocycles. The Morgan fingerprint density at radius 3 is 2.29 bits per heavy atom. The van der Waals surface area contributed by atoms with Crippen LogP contribution in [0.15, 0.2) is 47.1 Å². The summed E-state index contributed by atoms with van der Waals surface area (Å²) in [7, 11) is 6.16. The van der Waals surface area contributed by atoms with Crippen molar-refractivity contribution in [2.24, 2.45) is 17.3 Å². The summed E-state index contributed by atoms with van der Waals surface area (Å²) >= 11 is 0. The predicted octanol–water partition coefficient (Wildman–Crippen LogP) is 6.51. The van der Waals surface area contributed by atoms with Crippen LogP contribution in [0.2, 0.25) is 0 Å². The molecule has 0 spiro atoms. The average Bonchev–Trinajstić information content (AvgIpc) is 3.18. The second kappa shape index (κ2) is 10.6. The van der Waals surface area contributed by atoms with E-state index in [2.05, 4.69) is 41.1 Å². The molecule has 2 fully saturated rings. The summed E-state index contributed by atoms with van der Waals surface area (Å²) < 4.78 is 70.1. The van der Waals surface area contributed by atoms with Crippen molar-refractivity contribution in [2.75, 3.05) is 34.2 Å². The van der Waals surface area contributed by atoms with Crippen LogP contribution in [0, 0.1) is 17.3 Å². The van der Waals surface area contributed by atoms with Gasteiger partial charge in [-0.1, -0.05) is 36.8 Å². The van der Waals surface area contributed by atoms with E-state index in [0.717, 1.165) is 47.5 Å². The summed E-state index contributed by atoms with van der Waals surface area (Å²) in [6.07, 6.45) is -2.66. The smallest absolute Gasteiger partial charge is 0.383 e. The van der Waals surface area contributed by atoms with Gasteiger partial charge in [0, 0.05) is 37.4 Å². The zero-order chi connectivity index (χ0) is 30.0. The van der Waals surface area contributed by atoms with Crippen molar-refractivity contribution in [1.29, 1.82) is 0 Å². The van der Waals surface area contributed by atoms with E-state index in [1.807, 2.05) is 14.1 Å². The van der Waals surface area contributed by atoms with E-state index in [1.165, 1.54) is 6.92 Å². The van der Waals surface area contributed by atoms with Crippen LogP contribution in [0.5, 0.6) is 0 Å². The van der Waals surface area contributed by atoms with E-state index in [4.69, 9.17) is 0 Å². The van der Waals surface area contributed by atoms with Crippen LogP contribution in [0.25, 0.3) is 0 Å². The summed E-state index contributed by atoms with van der Waals surface area (Å²) in [6.45, 7) is 4.12. The molecule has 1 aromatic carbocycles. The number of alkyl halides is 5. The lowest BCUT2D eigenvalue weighted by atomic mass is 9.53. The van der Waals surface area contributed by atoms with Crippen LogP contribution in [-0.2, 0) is 11.3 Å². The van der Waals surface area contributed by atoms with Crippen LogP contribution >= 0.6 is 0 Å². The van der Waals surface area contributed by atoms with Gasteiger partial charge in [-0.25, -0.2) is 0 Å². The Balaban J connectivity index is 1.45. The molecule has 2 saturated carbocycles. The first-order chi connectivity index (χ1) is 19.1. The van der Waals surface area contributed by atoms with Gasteiger partial charge in [-0.2, -0.15) is 22.0 Å². The van der Waals surface area contributed by atoms with Crippen LogP contribution in [0.1, 0.15) is 68.9 Å². The third kappa shape index (κ3) is 4.99. The molecule has 0 bridgehead atoms. The van der Waals surface area contributed by atoms with E-state index in [0.29, 0.717) is 25.7 Å². The number of allylic oxidation sites excluding steroid dienone is 4. The molecule has 5 atom stereocenters. The maximum Gasteiger partial charge on any atom is 0.456 e. The van der Waals surface area contributed by atoms with Gasteiger partial charge in [0.25, 0.3) is 0 Å². The number of likely N-dealkylation sites (N-methyl/N-ethyl adjacent to an activating group) is 2. The summed E-state index contributed by atoms with van der Waals surface area (Å²) in [4.78, 5) is 17.2. The number of nitrogens with zero attached hydrogens (tertiary/aromatic N) is 2. The average molecular weight is 581 g/mol. The number of hydrogen-bond acceptors (Lipinski definition) is 4. The quantitative estimate of drug-likeness (QED) is 0.374. The molecule has 226 valence electrons. The van der Waals surface area contributed by atoms with E-state index < -0.39 is 35.5 Å². The molecule has 4 aliphatic rings. The largest absolute Gasteiger partial charge is 0.456 e. The highest BCUT2D eigenvalue weighted by Gasteiger charge is 2.78. The van der Waals surface area contributed by atoms with E-state index >= 15 is 0 Å². The Bertz CT molecular complexity index is 1240. The van der Waals surface area contributed by atoms with Crippen molar-refractivity contribution in [3.63, 3.8) is 0 Å². The summed E-state index contributed by atoms with van der Waals surface area (Å²) in [6, 6.07) is 8.31. The van der Waals surface area contributed by atoms with Gasteiger partial charge >= 0.3 is 12.1 Å². The highest BCUT2D eigenvalue weighted by molar-refractivity contribution is 5.94. The Morgan fingerprint density at radius 1 is 0.976 bits per heavy atom. The molecule has 0 radical (unpaired) electrons. The van der Waals surface area contributed by atoms with Crippen LogP contribution in [-0.4, -0.2) is 72.6 Å². The molecule has 5 rings (SSSR count). The van der Waals surface area contributed by atoms with Gasteiger partial charge in [-0.15, -0.1) is 0 Å². The molecule has 41 heavy (non-hydrogen) atoms. The maximum atomic E-state index is 14.8. The lowest BCUT2D eigenvalue weighted by Crippen LogP contribution is -2.64. The summed E-state index contributed by atoms with van der Waals surface area (Å²) in [5.74, 6) is -5.95. The minimum Gasteiger partial charge on any atom is -0.383 e. The Labute approximate surface area is 239 Å². The number of aliphatic hydroxyl groups is 1. The molecule has 1 aromatic rings. The fourth-order valence-electron chi connectivity index (χ4n) is 8.30. The Kier molecular flexibility index (Phi) is 7.82. The molecule has 0 aromatic heterocycles. The third-order valence-corrected chi connectivity index (χ3v) is 10.6. The van der Waals surface area contributed by atoms with Crippen molar-refractivity contribution >= 4 is 5.78 Å². The van der Waals surface area contributed by atoms with Crippen molar-refractivity contribution < 1.29 is 31.9 Å². The van der Waals surface area contributed by atoms with Crippen molar-refractivity contribution in [3.8, 4) is 0 Å². The molecule has 4 nitrogen and oxygen atoms in total. The van der Waals surface area contributed by atoms with Gasteiger partial charge in [-0.3, -0.25) is 4.79 Å². The van der Waals surface area contributed by atoms with Crippen molar-refractivity contribution in [1.82, 2.24) is 9.80 Å².